The minimum Gasteiger partial charge on any atom is -0.387 e. The van der Waals surface area contributed by atoms with E-state index in [0.29, 0.717) is 12.1 Å². The van der Waals surface area contributed by atoms with Crippen LogP contribution in [0.2, 0.25) is 0 Å². The Morgan fingerprint density at radius 2 is 1.73 bits per heavy atom. The summed E-state index contributed by atoms with van der Waals surface area (Å²) in [6, 6.07) is 5.75. The van der Waals surface area contributed by atoms with E-state index in [-0.39, 0.29) is 5.56 Å². The molecule has 0 radical (unpaired) electrons. The van der Waals surface area contributed by atoms with Crippen molar-refractivity contribution in [3.63, 3.8) is 0 Å². The molecule has 2 nitrogen and oxygen atoms in total. The van der Waals surface area contributed by atoms with Crippen molar-refractivity contribution in [1.82, 2.24) is 5.32 Å². The second kappa shape index (κ2) is 5.78. The van der Waals surface area contributed by atoms with Crippen LogP contribution in [0.4, 0.5) is 8.78 Å². The molecule has 0 bridgehead atoms. The average molecular weight is 215 g/mol. The number of halogens is 2. The highest BCUT2D eigenvalue weighted by molar-refractivity contribution is 5.25. The van der Waals surface area contributed by atoms with Crippen molar-refractivity contribution < 1.29 is 13.9 Å². The van der Waals surface area contributed by atoms with Crippen LogP contribution in [0.25, 0.3) is 0 Å². The minimum atomic E-state index is -2.45. The first-order valence-electron chi connectivity index (χ1n) is 4.92. The Morgan fingerprint density at radius 1 is 1.20 bits per heavy atom. The SMILES string of the molecule is CCNCC(O)c1ccc(C(F)F)cc1. The van der Waals surface area contributed by atoms with Crippen LogP contribution in [0.15, 0.2) is 24.3 Å². The fourth-order valence-electron chi connectivity index (χ4n) is 1.26. The van der Waals surface area contributed by atoms with E-state index in [9.17, 15) is 13.9 Å². The quantitative estimate of drug-likeness (QED) is 0.789. The topological polar surface area (TPSA) is 32.3 Å². The van der Waals surface area contributed by atoms with Gasteiger partial charge < -0.3 is 10.4 Å². The Labute approximate surface area is 87.9 Å². The van der Waals surface area contributed by atoms with Crippen molar-refractivity contribution in [2.45, 2.75) is 19.5 Å². The van der Waals surface area contributed by atoms with Gasteiger partial charge in [-0.2, -0.15) is 0 Å². The fourth-order valence-corrected chi connectivity index (χ4v) is 1.26. The van der Waals surface area contributed by atoms with Gasteiger partial charge in [0, 0.05) is 12.1 Å². The van der Waals surface area contributed by atoms with Crippen LogP contribution in [0.3, 0.4) is 0 Å². The Bertz CT molecular complexity index is 287. The van der Waals surface area contributed by atoms with E-state index in [2.05, 4.69) is 5.32 Å². The van der Waals surface area contributed by atoms with Crippen LogP contribution in [0.1, 0.15) is 30.6 Å². The maximum Gasteiger partial charge on any atom is 0.263 e. The monoisotopic (exact) mass is 215 g/mol. The minimum absolute atomic E-state index is 0.0191. The van der Waals surface area contributed by atoms with Gasteiger partial charge in [-0.05, 0) is 12.1 Å². The number of hydrogen-bond acceptors (Lipinski definition) is 2. The molecule has 0 saturated heterocycles. The molecule has 0 aliphatic heterocycles. The van der Waals surface area contributed by atoms with Crippen molar-refractivity contribution in [3.05, 3.63) is 35.4 Å². The summed E-state index contributed by atoms with van der Waals surface area (Å²) in [5, 5.41) is 12.6. The van der Waals surface area contributed by atoms with Crippen LogP contribution < -0.4 is 5.32 Å². The fraction of sp³-hybridized carbons (Fsp3) is 0.455. The highest BCUT2D eigenvalue weighted by atomic mass is 19.3. The molecular weight excluding hydrogens is 200 g/mol. The van der Waals surface area contributed by atoms with Crippen LogP contribution in [0, 0.1) is 0 Å². The number of nitrogens with one attached hydrogen (secondary N) is 1. The van der Waals surface area contributed by atoms with E-state index in [1.165, 1.54) is 24.3 Å². The molecule has 84 valence electrons. The average Bonchev–Trinajstić information content (AvgIpc) is 2.26. The van der Waals surface area contributed by atoms with Crippen molar-refractivity contribution >= 4 is 0 Å². The van der Waals surface area contributed by atoms with E-state index in [1.54, 1.807) is 0 Å². The predicted molar refractivity (Wildman–Crippen MR) is 54.9 cm³/mol. The number of alkyl halides is 2. The normalized spacial score (nSPS) is 13.1. The molecule has 0 aromatic heterocycles. The number of benzene rings is 1. The highest BCUT2D eigenvalue weighted by Gasteiger charge is 2.09. The summed E-state index contributed by atoms with van der Waals surface area (Å²) in [5.74, 6) is 0. The first-order chi connectivity index (χ1) is 7.15. The molecule has 0 aliphatic carbocycles. The maximum atomic E-state index is 12.2. The number of likely N-dealkylation sites (N-methyl/N-ethyl adjacent to an activating group) is 1. The zero-order valence-corrected chi connectivity index (χ0v) is 8.58. The van der Waals surface area contributed by atoms with E-state index >= 15 is 0 Å². The summed E-state index contributed by atoms with van der Waals surface area (Å²) in [7, 11) is 0. The lowest BCUT2D eigenvalue weighted by Gasteiger charge is -2.11. The molecule has 1 aromatic carbocycles. The molecule has 0 fully saturated rings. The third-order valence-electron chi connectivity index (χ3n) is 2.16. The van der Waals surface area contributed by atoms with Crippen molar-refractivity contribution in [1.29, 1.82) is 0 Å². The maximum absolute atomic E-state index is 12.2. The zero-order chi connectivity index (χ0) is 11.3. The van der Waals surface area contributed by atoms with Crippen molar-refractivity contribution in [2.24, 2.45) is 0 Å². The molecule has 1 rings (SSSR count). The van der Waals surface area contributed by atoms with Crippen molar-refractivity contribution in [2.75, 3.05) is 13.1 Å². The molecule has 15 heavy (non-hydrogen) atoms. The first kappa shape index (κ1) is 12.1. The summed E-state index contributed by atoms with van der Waals surface area (Å²) < 4.78 is 24.5. The summed E-state index contributed by atoms with van der Waals surface area (Å²) in [5.41, 5.74) is 0.634. The van der Waals surface area contributed by atoms with Gasteiger partial charge in [0.2, 0.25) is 0 Å². The zero-order valence-electron chi connectivity index (χ0n) is 8.58. The first-order valence-corrected chi connectivity index (χ1v) is 4.92. The van der Waals surface area contributed by atoms with Crippen LogP contribution in [-0.4, -0.2) is 18.2 Å². The number of aliphatic hydroxyl groups is 1. The molecule has 1 unspecified atom stereocenters. The van der Waals surface area contributed by atoms with Gasteiger partial charge in [-0.3, -0.25) is 0 Å². The predicted octanol–water partition coefficient (Wildman–Crippen LogP) is 2.27. The Kier molecular flexibility index (Phi) is 4.65. The molecule has 0 amide bonds. The third kappa shape index (κ3) is 3.57. The third-order valence-corrected chi connectivity index (χ3v) is 2.16. The molecule has 1 atom stereocenters. The highest BCUT2D eigenvalue weighted by Crippen LogP contribution is 2.20. The van der Waals surface area contributed by atoms with E-state index in [4.69, 9.17) is 0 Å². The molecule has 0 aliphatic rings. The lowest BCUT2D eigenvalue weighted by molar-refractivity contribution is 0.150. The molecule has 0 spiro atoms. The second-order valence-corrected chi connectivity index (χ2v) is 3.29. The lowest BCUT2D eigenvalue weighted by atomic mass is 10.1. The van der Waals surface area contributed by atoms with Gasteiger partial charge >= 0.3 is 0 Å². The van der Waals surface area contributed by atoms with E-state index in [1.807, 2.05) is 6.92 Å². The van der Waals surface area contributed by atoms with Crippen molar-refractivity contribution in [3.8, 4) is 0 Å². The van der Waals surface area contributed by atoms with E-state index < -0.39 is 12.5 Å². The Morgan fingerprint density at radius 3 is 2.20 bits per heavy atom. The molecule has 2 N–H and O–H groups in total. The summed E-state index contributed by atoms with van der Waals surface area (Å²) in [4.78, 5) is 0. The molecule has 1 aromatic rings. The summed E-state index contributed by atoms with van der Waals surface area (Å²) in [6.07, 6.45) is -3.10. The number of hydrogen-bond donors (Lipinski definition) is 2. The van der Waals surface area contributed by atoms with Crippen LogP contribution in [0.5, 0.6) is 0 Å². The van der Waals surface area contributed by atoms with Gasteiger partial charge in [-0.15, -0.1) is 0 Å². The standard InChI is InChI=1S/C11H15F2NO/c1-2-14-7-10(15)8-3-5-9(6-4-8)11(12)13/h3-6,10-11,14-15H,2,7H2,1H3. The summed E-state index contributed by atoms with van der Waals surface area (Å²) >= 11 is 0. The van der Waals surface area contributed by atoms with Gasteiger partial charge in [0.15, 0.2) is 0 Å². The van der Waals surface area contributed by atoms with Gasteiger partial charge in [-0.25, -0.2) is 8.78 Å². The molecular formula is C11H15F2NO. The van der Waals surface area contributed by atoms with Gasteiger partial charge in [0.05, 0.1) is 6.10 Å². The second-order valence-electron chi connectivity index (χ2n) is 3.29. The molecule has 0 heterocycles. The van der Waals surface area contributed by atoms with E-state index in [0.717, 1.165) is 6.54 Å². The lowest BCUT2D eigenvalue weighted by Crippen LogP contribution is -2.20. The molecule has 0 saturated carbocycles. The Hall–Kier alpha value is -1.00. The number of aliphatic hydroxyl groups excluding tert-OH is 1. The number of rotatable bonds is 5. The van der Waals surface area contributed by atoms with Gasteiger partial charge in [0.25, 0.3) is 6.43 Å². The Balaban J connectivity index is 2.62. The molecule has 4 heteroatoms. The van der Waals surface area contributed by atoms with Crippen LogP contribution >= 0.6 is 0 Å². The summed E-state index contributed by atoms with van der Waals surface area (Å²) in [6.45, 7) is 3.14. The smallest absolute Gasteiger partial charge is 0.263 e. The largest absolute Gasteiger partial charge is 0.387 e. The van der Waals surface area contributed by atoms with Gasteiger partial charge in [0.1, 0.15) is 0 Å². The van der Waals surface area contributed by atoms with Gasteiger partial charge in [-0.1, -0.05) is 31.2 Å². The van der Waals surface area contributed by atoms with Crippen LogP contribution in [-0.2, 0) is 0 Å².